The Bertz CT molecular complexity index is 793. The molecule has 0 bridgehead atoms. The van der Waals surface area contributed by atoms with E-state index >= 15 is 0 Å². The summed E-state index contributed by atoms with van der Waals surface area (Å²) in [5.74, 6) is 0.836. The van der Waals surface area contributed by atoms with E-state index in [0.717, 1.165) is 42.4 Å². The number of methoxy groups -OCH3 is 1. The number of hydrogen-bond acceptors (Lipinski definition) is 6. The van der Waals surface area contributed by atoms with Crippen molar-refractivity contribution < 1.29 is 14.3 Å². The third kappa shape index (κ3) is 3.21. The molecule has 0 aliphatic carbocycles. The molecule has 1 aromatic heterocycles. The summed E-state index contributed by atoms with van der Waals surface area (Å²) in [6, 6.07) is 7.96. The first-order valence-corrected chi connectivity index (χ1v) is 9.14. The summed E-state index contributed by atoms with van der Waals surface area (Å²) in [4.78, 5) is 21.5. The molecule has 2 saturated heterocycles. The minimum atomic E-state index is -0.327. The van der Waals surface area contributed by atoms with Gasteiger partial charge in [0.2, 0.25) is 0 Å². The topological polar surface area (TPSA) is 54.9 Å². The van der Waals surface area contributed by atoms with Gasteiger partial charge in [0, 0.05) is 49.7 Å². The van der Waals surface area contributed by atoms with Gasteiger partial charge in [0.1, 0.15) is 16.4 Å². The van der Waals surface area contributed by atoms with E-state index in [1.165, 1.54) is 4.88 Å². The quantitative estimate of drug-likeness (QED) is 0.840. The fourth-order valence-electron chi connectivity index (χ4n) is 3.56. The Kier molecular flexibility index (Phi) is 4.13. The van der Waals surface area contributed by atoms with Crippen LogP contribution in [-0.2, 0) is 11.3 Å². The monoisotopic (exact) mass is 359 g/mol. The lowest BCUT2D eigenvalue weighted by molar-refractivity contribution is 0.0628. The number of hydrogen-bond donors (Lipinski definition) is 0. The third-order valence-electron chi connectivity index (χ3n) is 4.79. The van der Waals surface area contributed by atoms with Crippen molar-refractivity contribution in [2.24, 2.45) is 0 Å². The zero-order valence-corrected chi connectivity index (χ0v) is 15.2. The molecule has 6 nitrogen and oxygen atoms in total. The second kappa shape index (κ2) is 6.31. The molecule has 0 saturated carbocycles. The lowest BCUT2D eigenvalue weighted by atomic mass is 10.0. The van der Waals surface area contributed by atoms with E-state index in [9.17, 15) is 4.79 Å². The molecule has 2 aromatic rings. The Morgan fingerprint density at radius 1 is 1.40 bits per heavy atom. The molecule has 2 aliphatic rings. The van der Waals surface area contributed by atoms with Crippen LogP contribution in [0, 0.1) is 0 Å². The zero-order chi connectivity index (χ0) is 17.4. The second-order valence-corrected chi connectivity index (χ2v) is 7.85. The number of ether oxygens (including phenoxy) is 2. The number of aromatic nitrogens is 1. The van der Waals surface area contributed by atoms with Gasteiger partial charge in [0.25, 0.3) is 0 Å². The number of benzene rings is 1. The predicted octanol–water partition coefficient (Wildman–Crippen LogP) is 2.85. The van der Waals surface area contributed by atoms with Crippen molar-refractivity contribution in [2.45, 2.75) is 18.6 Å². The molecular formula is C18H21N3O3S. The van der Waals surface area contributed by atoms with E-state index < -0.39 is 0 Å². The van der Waals surface area contributed by atoms with Gasteiger partial charge in [-0.3, -0.25) is 4.90 Å². The van der Waals surface area contributed by atoms with E-state index in [1.807, 2.05) is 30.5 Å². The van der Waals surface area contributed by atoms with Crippen LogP contribution in [0.5, 0.6) is 5.75 Å². The molecule has 2 fully saturated rings. The molecule has 25 heavy (non-hydrogen) atoms. The van der Waals surface area contributed by atoms with Crippen LogP contribution in [0.2, 0.25) is 0 Å². The number of amides is 1. The Labute approximate surface area is 151 Å². The van der Waals surface area contributed by atoms with Gasteiger partial charge < -0.3 is 14.4 Å². The zero-order valence-electron chi connectivity index (χ0n) is 14.4. The first-order chi connectivity index (χ1) is 12.1. The van der Waals surface area contributed by atoms with E-state index in [1.54, 1.807) is 30.4 Å². The molecule has 1 spiro atoms. The smallest absolute Gasteiger partial charge is 0.410 e. The van der Waals surface area contributed by atoms with Gasteiger partial charge in [-0.15, -0.1) is 11.3 Å². The van der Waals surface area contributed by atoms with Crippen LogP contribution in [0.3, 0.4) is 0 Å². The van der Waals surface area contributed by atoms with Gasteiger partial charge in [-0.1, -0.05) is 12.1 Å². The van der Waals surface area contributed by atoms with Crippen molar-refractivity contribution in [1.29, 1.82) is 0 Å². The molecule has 1 atom stereocenters. The molecule has 2 aliphatic heterocycles. The summed E-state index contributed by atoms with van der Waals surface area (Å²) >= 11 is 1.70. The first-order valence-electron chi connectivity index (χ1n) is 8.32. The van der Waals surface area contributed by atoms with Gasteiger partial charge in [-0.2, -0.15) is 0 Å². The fourth-order valence-corrected chi connectivity index (χ4v) is 4.51. The Morgan fingerprint density at radius 2 is 2.28 bits per heavy atom. The van der Waals surface area contributed by atoms with Crippen molar-refractivity contribution >= 4 is 17.4 Å². The normalized spacial score (nSPS) is 23.4. The Hall–Kier alpha value is -2.12. The van der Waals surface area contributed by atoms with E-state index in [4.69, 9.17) is 9.47 Å². The predicted molar refractivity (Wildman–Crippen MR) is 95.8 cm³/mol. The summed E-state index contributed by atoms with van der Waals surface area (Å²) < 4.78 is 10.9. The molecular weight excluding hydrogens is 338 g/mol. The van der Waals surface area contributed by atoms with Crippen LogP contribution in [0.4, 0.5) is 4.79 Å². The van der Waals surface area contributed by atoms with Crippen LogP contribution < -0.4 is 4.74 Å². The maximum atomic E-state index is 11.7. The summed E-state index contributed by atoms with van der Waals surface area (Å²) in [7, 11) is 3.46. The largest absolute Gasteiger partial charge is 0.497 e. The average Bonchev–Trinajstić information content (AvgIpc) is 3.29. The van der Waals surface area contributed by atoms with Crippen LogP contribution in [0.15, 0.2) is 30.5 Å². The van der Waals surface area contributed by atoms with Gasteiger partial charge in [-0.25, -0.2) is 9.78 Å². The van der Waals surface area contributed by atoms with Crippen molar-refractivity contribution in [3.63, 3.8) is 0 Å². The first kappa shape index (κ1) is 16.4. The van der Waals surface area contributed by atoms with Crippen molar-refractivity contribution in [3.05, 3.63) is 35.3 Å². The van der Waals surface area contributed by atoms with Crippen LogP contribution in [-0.4, -0.2) is 60.3 Å². The van der Waals surface area contributed by atoms with E-state index in [0.29, 0.717) is 6.54 Å². The molecule has 1 unspecified atom stereocenters. The highest BCUT2D eigenvalue weighted by atomic mass is 32.1. The Balaban J connectivity index is 1.43. The number of likely N-dealkylation sites (N-methyl/N-ethyl adjacent to an activating group) is 1. The SMILES string of the molecule is COc1cccc(-c2ncc(CN3CCC4(C3)CN(C)C(=O)O4)s2)c1. The number of nitrogens with zero attached hydrogens (tertiary/aromatic N) is 3. The van der Waals surface area contributed by atoms with Gasteiger partial charge >= 0.3 is 6.09 Å². The summed E-state index contributed by atoms with van der Waals surface area (Å²) in [5, 5.41) is 0.995. The standard InChI is InChI=1S/C18H21N3O3S/c1-20-11-18(24-17(20)22)6-7-21(12-18)10-15-9-19-16(25-15)13-4-3-5-14(8-13)23-2/h3-5,8-9H,6-7,10-12H2,1-2H3. The molecule has 1 amide bonds. The summed E-state index contributed by atoms with van der Waals surface area (Å²) in [6.45, 7) is 3.24. The number of carbonyl (C=O) groups excluding carboxylic acids is 1. The number of thiazole rings is 1. The highest BCUT2D eigenvalue weighted by Gasteiger charge is 2.48. The molecule has 132 valence electrons. The number of likely N-dealkylation sites (tertiary alicyclic amines) is 1. The van der Waals surface area contributed by atoms with Crippen molar-refractivity contribution in [2.75, 3.05) is 33.8 Å². The van der Waals surface area contributed by atoms with Gasteiger partial charge in [0.15, 0.2) is 0 Å². The number of carbonyl (C=O) groups is 1. The average molecular weight is 359 g/mol. The van der Waals surface area contributed by atoms with E-state index in [-0.39, 0.29) is 11.7 Å². The minimum Gasteiger partial charge on any atom is -0.497 e. The third-order valence-corrected chi connectivity index (χ3v) is 5.82. The highest BCUT2D eigenvalue weighted by Crippen LogP contribution is 2.34. The lowest BCUT2D eigenvalue weighted by Crippen LogP contribution is -2.36. The summed E-state index contributed by atoms with van der Waals surface area (Å²) in [5.41, 5.74) is 0.742. The summed E-state index contributed by atoms with van der Waals surface area (Å²) in [6.07, 6.45) is 2.63. The van der Waals surface area contributed by atoms with E-state index in [2.05, 4.69) is 9.88 Å². The maximum Gasteiger partial charge on any atom is 0.410 e. The minimum absolute atomic E-state index is 0.208. The molecule has 0 radical (unpaired) electrons. The number of rotatable bonds is 4. The fraction of sp³-hybridized carbons (Fsp3) is 0.444. The van der Waals surface area contributed by atoms with Crippen LogP contribution in [0.1, 0.15) is 11.3 Å². The van der Waals surface area contributed by atoms with Crippen molar-refractivity contribution in [1.82, 2.24) is 14.8 Å². The molecule has 1 aromatic carbocycles. The molecule has 3 heterocycles. The van der Waals surface area contributed by atoms with Crippen LogP contribution in [0.25, 0.3) is 10.6 Å². The van der Waals surface area contributed by atoms with Crippen LogP contribution >= 0.6 is 11.3 Å². The van der Waals surface area contributed by atoms with Gasteiger partial charge in [-0.05, 0) is 12.1 Å². The highest BCUT2D eigenvalue weighted by molar-refractivity contribution is 7.15. The lowest BCUT2D eigenvalue weighted by Gasteiger charge is -2.21. The molecule has 0 N–H and O–H groups in total. The molecule has 7 heteroatoms. The van der Waals surface area contributed by atoms with Gasteiger partial charge in [0.05, 0.1) is 13.7 Å². The Morgan fingerprint density at radius 3 is 3.04 bits per heavy atom. The second-order valence-electron chi connectivity index (χ2n) is 6.73. The molecule has 4 rings (SSSR count). The van der Waals surface area contributed by atoms with Crippen molar-refractivity contribution in [3.8, 4) is 16.3 Å². The maximum absolute atomic E-state index is 11.7.